The molecule has 2 heterocycles. The lowest BCUT2D eigenvalue weighted by atomic mass is 9.97. The molecule has 130 valence electrons. The SMILES string of the molecule is Cc1ccc(C)c(OCC(O)CN2CCCC(c3ncc[nH]3)C2)c1. The molecule has 1 aromatic heterocycles. The molecule has 0 radical (unpaired) electrons. The Morgan fingerprint density at radius 1 is 1.42 bits per heavy atom. The molecule has 0 saturated carbocycles. The van der Waals surface area contributed by atoms with Crippen molar-refractivity contribution in [1.82, 2.24) is 14.9 Å². The average molecular weight is 329 g/mol. The van der Waals surface area contributed by atoms with Crippen LogP contribution in [-0.4, -0.2) is 52.3 Å². The zero-order chi connectivity index (χ0) is 16.9. The van der Waals surface area contributed by atoms with E-state index in [9.17, 15) is 5.11 Å². The minimum Gasteiger partial charge on any atom is -0.491 e. The number of piperidine rings is 1. The Morgan fingerprint density at radius 2 is 2.29 bits per heavy atom. The number of aromatic amines is 1. The van der Waals surface area contributed by atoms with Gasteiger partial charge in [0.1, 0.15) is 24.3 Å². The number of aromatic nitrogens is 2. The summed E-state index contributed by atoms with van der Waals surface area (Å²) in [6.07, 6.45) is 5.48. The molecule has 1 aliphatic rings. The van der Waals surface area contributed by atoms with Gasteiger partial charge in [-0.15, -0.1) is 0 Å². The fraction of sp³-hybridized carbons (Fsp3) is 0.526. The number of hydrogen-bond acceptors (Lipinski definition) is 4. The molecule has 24 heavy (non-hydrogen) atoms. The number of aliphatic hydroxyl groups excluding tert-OH is 1. The van der Waals surface area contributed by atoms with Crippen LogP contribution in [0.15, 0.2) is 30.6 Å². The summed E-state index contributed by atoms with van der Waals surface area (Å²) in [7, 11) is 0. The summed E-state index contributed by atoms with van der Waals surface area (Å²) < 4.78 is 5.82. The van der Waals surface area contributed by atoms with Crippen molar-refractivity contribution >= 4 is 0 Å². The Kier molecular flexibility index (Phi) is 5.53. The molecule has 1 saturated heterocycles. The van der Waals surface area contributed by atoms with Gasteiger partial charge in [-0.1, -0.05) is 12.1 Å². The van der Waals surface area contributed by atoms with E-state index in [1.54, 1.807) is 6.20 Å². The minimum atomic E-state index is -0.486. The summed E-state index contributed by atoms with van der Waals surface area (Å²) >= 11 is 0. The zero-order valence-electron chi connectivity index (χ0n) is 14.5. The Bertz CT molecular complexity index is 642. The average Bonchev–Trinajstić information content (AvgIpc) is 3.10. The van der Waals surface area contributed by atoms with Crippen molar-refractivity contribution in [2.75, 3.05) is 26.2 Å². The number of rotatable bonds is 6. The molecule has 1 aromatic carbocycles. The number of aryl methyl sites for hydroxylation is 2. The van der Waals surface area contributed by atoms with Crippen LogP contribution in [0.1, 0.15) is 35.7 Å². The van der Waals surface area contributed by atoms with Gasteiger partial charge in [-0.05, 0) is 50.4 Å². The number of nitrogens with one attached hydrogen (secondary N) is 1. The molecule has 1 fully saturated rings. The van der Waals surface area contributed by atoms with E-state index >= 15 is 0 Å². The third-order valence-corrected chi connectivity index (χ3v) is 4.66. The smallest absolute Gasteiger partial charge is 0.122 e. The van der Waals surface area contributed by atoms with Crippen LogP contribution in [0.2, 0.25) is 0 Å². The van der Waals surface area contributed by atoms with E-state index in [4.69, 9.17) is 4.74 Å². The van der Waals surface area contributed by atoms with Gasteiger partial charge < -0.3 is 14.8 Å². The van der Waals surface area contributed by atoms with Crippen LogP contribution in [0.25, 0.3) is 0 Å². The standard InChI is InChI=1S/C19H27N3O2/c1-14-5-6-15(2)18(10-14)24-13-17(23)12-22-9-3-4-16(11-22)19-20-7-8-21-19/h5-8,10,16-17,23H,3-4,9,11-13H2,1-2H3,(H,20,21). The van der Waals surface area contributed by atoms with Crippen LogP contribution in [-0.2, 0) is 0 Å². The number of benzene rings is 1. The first-order chi connectivity index (χ1) is 11.6. The quantitative estimate of drug-likeness (QED) is 0.855. The summed E-state index contributed by atoms with van der Waals surface area (Å²) in [4.78, 5) is 9.91. The molecule has 5 nitrogen and oxygen atoms in total. The fourth-order valence-electron chi connectivity index (χ4n) is 3.34. The van der Waals surface area contributed by atoms with Gasteiger partial charge in [-0.2, -0.15) is 0 Å². The number of nitrogens with zero attached hydrogens (tertiary/aromatic N) is 2. The number of aliphatic hydroxyl groups is 1. The van der Waals surface area contributed by atoms with E-state index in [1.807, 2.05) is 26.1 Å². The van der Waals surface area contributed by atoms with Crippen LogP contribution >= 0.6 is 0 Å². The second-order valence-corrected chi connectivity index (χ2v) is 6.81. The number of likely N-dealkylation sites (tertiary alicyclic amines) is 1. The van der Waals surface area contributed by atoms with Gasteiger partial charge in [0.2, 0.25) is 0 Å². The van der Waals surface area contributed by atoms with E-state index < -0.39 is 6.10 Å². The third kappa shape index (κ3) is 4.36. The molecule has 0 bridgehead atoms. The van der Waals surface area contributed by atoms with Crippen molar-refractivity contribution in [2.45, 2.75) is 38.7 Å². The van der Waals surface area contributed by atoms with E-state index in [1.165, 1.54) is 5.56 Å². The maximum atomic E-state index is 10.3. The van der Waals surface area contributed by atoms with Gasteiger partial charge in [0.25, 0.3) is 0 Å². The van der Waals surface area contributed by atoms with Crippen molar-refractivity contribution < 1.29 is 9.84 Å². The number of hydrogen-bond donors (Lipinski definition) is 2. The van der Waals surface area contributed by atoms with Gasteiger partial charge in [0.15, 0.2) is 0 Å². The lowest BCUT2D eigenvalue weighted by Crippen LogP contribution is -2.41. The Morgan fingerprint density at radius 3 is 3.08 bits per heavy atom. The Hall–Kier alpha value is -1.85. The number of imidazole rings is 1. The van der Waals surface area contributed by atoms with Gasteiger partial charge in [-0.25, -0.2) is 4.98 Å². The number of ether oxygens (including phenoxy) is 1. The second kappa shape index (κ2) is 7.81. The molecular formula is C19H27N3O2. The van der Waals surface area contributed by atoms with E-state index in [2.05, 4.69) is 27.0 Å². The van der Waals surface area contributed by atoms with Crippen LogP contribution < -0.4 is 4.74 Å². The van der Waals surface area contributed by atoms with E-state index in [0.29, 0.717) is 19.1 Å². The first-order valence-corrected chi connectivity index (χ1v) is 8.71. The zero-order valence-corrected chi connectivity index (χ0v) is 14.5. The molecule has 3 rings (SSSR count). The minimum absolute atomic E-state index is 0.326. The third-order valence-electron chi connectivity index (χ3n) is 4.66. The van der Waals surface area contributed by atoms with E-state index in [-0.39, 0.29) is 0 Å². The molecule has 0 spiro atoms. The van der Waals surface area contributed by atoms with Crippen LogP contribution in [0, 0.1) is 13.8 Å². The van der Waals surface area contributed by atoms with Crippen molar-refractivity contribution in [3.05, 3.63) is 47.5 Å². The number of β-amino-alcohol motifs (C(OH)–C–C–N with tert-alkyl or cyclic N) is 1. The fourth-order valence-corrected chi connectivity index (χ4v) is 3.34. The number of H-pyrrole nitrogens is 1. The van der Waals surface area contributed by atoms with Gasteiger partial charge in [-0.3, -0.25) is 4.90 Å². The van der Waals surface area contributed by atoms with Crippen molar-refractivity contribution in [3.63, 3.8) is 0 Å². The van der Waals surface area contributed by atoms with Gasteiger partial charge >= 0.3 is 0 Å². The second-order valence-electron chi connectivity index (χ2n) is 6.81. The Labute approximate surface area is 143 Å². The molecule has 2 N–H and O–H groups in total. The molecule has 0 aliphatic carbocycles. The van der Waals surface area contributed by atoms with Gasteiger partial charge in [0.05, 0.1) is 0 Å². The predicted molar refractivity (Wildman–Crippen MR) is 94.4 cm³/mol. The molecule has 1 aliphatic heterocycles. The molecule has 5 heteroatoms. The van der Waals surface area contributed by atoms with Crippen LogP contribution in [0.5, 0.6) is 5.75 Å². The summed E-state index contributed by atoms with van der Waals surface area (Å²) in [5.74, 6) is 2.35. The summed E-state index contributed by atoms with van der Waals surface area (Å²) in [6, 6.07) is 6.15. The first kappa shape index (κ1) is 17.0. The summed E-state index contributed by atoms with van der Waals surface area (Å²) in [5, 5.41) is 10.3. The largest absolute Gasteiger partial charge is 0.491 e. The monoisotopic (exact) mass is 329 g/mol. The lowest BCUT2D eigenvalue weighted by Gasteiger charge is -2.33. The molecule has 2 unspecified atom stereocenters. The van der Waals surface area contributed by atoms with Crippen LogP contribution in [0.4, 0.5) is 0 Å². The van der Waals surface area contributed by atoms with Gasteiger partial charge in [0, 0.05) is 31.4 Å². The van der Waals surface area contributed by atoms with Crippen molar-refractivity contribution in [2.24, 2.45) is 0 Å². The molecular weight excluding hydrogens is 302 g/mol. The van der Waals surface area contributed by atoms with E-state index in [0.717, 1.165) is 43.1 Å². The normalized spacial score (nSPS) is 20.0. The molecule has 2 atom stereocenters. The highest BCUT2D eigenvalue weighted by Crippen LogP contribution is 2.24. The highest BCUT2D eigenvalue weighted by atomic mass is 16.5. The van der Waals surface area contributed by atoms with Crippen LogP contribution in [0.3, 0.4) is 0 Å². The highest BCUT2D eigenvalue weighted by Gasteiger charge is 2.24. The maximum Gasteiger partial charge on any atom is 0.122 e. The highest BCUT2D eigenvalue weighted by molar-refractivity contribution is 5.35. The molecule has 0 amide bonds. The molecule has 2 aromatic rings. The summed E-state index contributed by atoms with van der Waals surface area (Å²) in [6.45, 7) is 7.01. The predicted octanol–water partition coefficient (Wildman–Crippen LogP) is 2.65. The lowest BCUT2D eigenvalue weighted by molar-refractivity contribution is 0.0576. The topological polar surface area (TPSA) is 61.4 Å². The maximum absolute atomic E-state index is 10.3. The van der Waals surface area contributed by atoms with Crippen molar-refractivity contribution in [3.8, 4) is 5.75 Å². The Balaban J connectivity index is 1.49. The summed E-state index contributed by atoms with van der Waals surface area (Å²) in [5.41, 5.74) is 2.27. The first-order valence-electron chi connectivity index (χ1n) is 8.71. The van der Waals surface area contributed by atoms with Crippen molar-refractivity contribution in [1.29, 1.82) is 0 Å².